The van der Waals surface area contributed by atoms with Crippen LogP contribution in [0.1, 0.15) is 5.56 Å². The molecule has 1 heterocycles. The van der Waals surface area contributed by atoms with Crippen molar-refractivity contribution in [2.24, 2.45) is 0 Å². The third kappa shape index (κ3) is 5.89. The van der Waals surface area contributed by atoms with Crippen LogP contribution in [0, 0.1) is 0 Å². The van der Waals surface area contributed by atoms with Gasteiger partial charge in [0.2, 0.25) is 5.91 Å². The molecule has 1 unspecified atom stereocenters. The molecule has 10 heteroatoms. The van der Waals surface area contributed by atoms with Crippen LogP contribution >= 0.6 is 23.2 Å². The van der Waals surface area contributed by atoms with Crippen LogP contribution in [0.4, 0.5) is 30.2 Å². The summed E-state index contributed by atoms with van der Waals surface area (Å²) in [5.41, 5.74) is 1.68. The molecule has 5 nitrogen and oxygen atoms in total. The van der Waals surface area contributed by atoms with E-state index >= 15 is 0 Å². The Morgan fingerprint density at radius 2 is 1.63 bits per heavy atom. The number of hydrogen-bond acceptors (Lipinski definition) is 3. The minimum absolute atomic E-state index is 0.0612. The number of para-hydroxylation sites is 3. The molecule has 0 fully saturated rings. The van der Waals surface area contributed by atoms with Crippen molar-refractivity contribution in [1.29, 1.82) is 0 Å². The number of halogens is 5. The predicted octanol–water partition coefficient (Wildman–Crippen LogP) is 5.77. The first-order valence-corrected chi connectivity index (χ1v) is 11.4. The lowest BCUT2D eigenvalue weighted by Crippen LogP contribution is -2.53. The van der Waals surface area contributed by atoms with E-state index in [9.17, 15) is 22.8 Å². The van der Waals surface area contributed by atoms with Crippen LogP contribution in [0.15, 0.2) is 72.8 Å². The molecule has 1 aliphatic heterocycles. The van der Waals surface area contributed by atoms with E-state index in [2.05, 4.69) is 5.32 Å². The van der Waals surface area contributed by atoms with Gasteiger partial charge in [0.05, 0.1) is 24.3 Å². The van der Waals surface area contributed by atoms with Gasteiger partial charge in [0.15, 0.2) is 0 Å². The Labute approximate surface area is 210 Å². The van der Waals surface area contributed by atoms with Crippen LogP contribution in [0.3, 0.4) is 0 Å². The Hall–Kier alpha value is -3.23. The molecular formula is C25H20Cl2F3N3O2. The largest absolute Gasteiger partial charge is 0.406 e. The van der Waals surface area contributed by atoms with E-state index in [1.54, 1.807) is 59.5 Å². The molecule has 0 aliphatic carbocycles. The molecule has 4 rings (SSSR count). The highest BCUT2D eigenvalue weighted by molar-refractivity contribution is 6.35. The Morgan fingerprint density at radius 3 is 2.29 bits per heavy atom. The van der Waals surface area contributed by atoms with Gasteiger partial charge in [-0.25, -0.2) is 0 Å². The second-order valence-corrected chi connectivity index (χ2v) is 8.85. The van der Waals surface area contributed by atoms with Gasteiger partial charge in [-0.05, 0) is 42.0 Å². The molecule has 2 amide bonds. The summed E-state index contributed by atoms with van der Waals surface area (Å²) in [6.07, 6.45) is -4.81. The van der Waals surface area contributed by atoms with Crippen LogP contribution in [0.5, 0.6) is 0 Å². The first-order chi connectivity index (χ1) is 16.6. The summed E-state index contributed by atoms with van der Waals surface area (Å²) in [5, 5.41) is 3.29. The fourth-order valence-corrected chi connectivity index (χ4v) is 4.45. The summed E-state index contributed by atoms with van der Waals surface area (Å²) in [6.45, 7) is -1.55. The average molecular weight is 522 g/mol. The number of carbonyl (C=O) groups is 2. The second-order valence-electron chi connectivity index (χ2n) is 8.01. The Morgan fingerprint density at radius 1 is 0.971 bits per heavy atom. The van der Waals surface area contributed by atoms with E-state index in [1.165, 1.54) is 12.1 Å². The summed E-state index contributed by atoms with van der Waals surface area (Å²) in [5.74, 6) is -1.41. The van der Waals surface area contributed by atoms with Crippen molar-refractivity contribution in [3.63, 3.8) is 0 Å². The smallest absolute Gasteiger partial charge is 0.342 e. The van der Waals surface area contributed by atoms with E-state index in [0.29, 0.717) is 26.9 Å². The van der Waals surface area contributed by atoms with E-state index in [-0.39, 0.29) is 23.7 Å². The standard InChI is InChI=1S/C25H20Cl2F3N3O2/c26-17-11-10-16(19(27)13-17)12-23(34)31-20-14-32(18-6-2-1-3-7-18)21-8-4-5-9-22(21)33(24(20)35)15-25(28,29)30/h1-11,13,20H,12,14-15H2,(H,31,34). The maximum Gasteiger partial charge on any atom is 0.406 e. The van der Waals surface area contributed by atoms with E-state index in [0.717, 1.165) is 0 Å². The van der Waals surface area contributed by atoms with Gasteiger partial charge in [-0.1, -0.05) is 59.6 Å². The molecule has 182 valence electrons. The quantitative estimate of drug-likeness (QED) is 0.463. The van der Waals surface area contributed by atoms with Crippen LogP contribution in [0.25, 0.3) is 0 Å². The van der Waals surface area contributed by atoms with Gasteiger partial charge >= 0.3 is 6.18 Å². The molecule has 0 aromatic heterocycles. The molecule has 0 saturated heterocycles. The lowest BCUT2D eigenvalue weighted by atomic mass is 10.1. The van der Waals surface area contributed by atoms with Gasteiger partial charge in [-0.15, -0.1) is 0 Å². The van der Waals surface area contributed by atoms with Crippen LogP contribution in [-0.4, -0.2) is 37.1 Å². The van der Waals surface area contributed by atoms with E-state index in [1.807, 2.05) is 6.07 Å². The first kappa shape index (κ1) is 24.9. The number of hydrogen-bond donors (Lipinski definition) is 1. The highest BCUT2D eigenvalue weighted by Crippen LogP contribution is 2.38. The summed E-state index contributed by atoms with van der Waals surface area (Å²) in [7, 11) is 0. The number of nitrogens with zero attached hydrogens (tertiary/aromatic N) is 2. The molecule has 3 aromatic rings. The number of amides is 2. The van der Waals surface area contributed by atoms with Crippen LogP contribution < -0.4 is 15.1 Å². The third-order valence-corrected chi connectivity index (χ3v) is 6.09. The van der Waals surface area contributed by atoms with Crippen LogP contribution in [0.2, 0.25) is 10.0 Å². The molecule has 35 heavy (non-hydrogen) atoms. The monoisotopic (exact) mass is 521 g/mol. The Kier molecular flexibility index (Phi) is 7.23. The molecule has 0 radical (unpaired) electrons. The van der Waals surface area contributed by atoms with E-state index in [4.69, 9.17) is 23.2 Å². The van der Waals surface area contributed by atoms with Crippen molar-refractivity contribution < 1.29 is 22.8 Å². The molecular weight excluding hydrogens is 502 g/mol. The molecule has 0 spiro atoms. The van der Waals surface area contributed by atoms with Gasteiger partial charge in [0.1, 0.15) is 12.6 Å². The molecule has 1 atom stereocenters. The number of fused-ring (bicyclic) bond motifs is 1. The van der Waals surface area contributed by atoms with Crippen molar-refractivity contribution in [1.82, 2.24) is 5.32 Å². The Balaban J connectivity index is 1.70. The normalized spacial score (nSPS) is 16.0. The summed E-state index contributed by atoms with van der Waals surface area (Å²) in [6, 6.07) is 18.7. The number of benzene rings is 3. The van der Waals surface area contributed by atoms with E-state index < -0.39 is 30.6 Å². The fraction of sp³-hybridized carbons (Fsp3) is 0.200. The number of nitrogens with one attached hydrogen (secondary N) is 1. The minimum Gasteiger partial charge on any atom is -0.342 e. The molecule has 0 saturated carbocycles. The molecule has 0 bridgehead atoms. The fourth-order valence-electron chi connectivity index (χ4n) is 3.97. The number of anilines is 3. The lowest BCUT2D eigenvalue weighted by molar-refractivity contribution is -0.134. The number of carbonyl (C=O) groups excluding carboxylic acids is 2. The van der Waals surface area contributed by atoms with Crippen molar-refractivity contribution in [2.75, 3.05) is 22.9 Å². The first-order valence-electron chi connectivity index (χ1n) is 10.7. The third-order valence-electron chi connectivity index (χ3n) is 5.50. The highest BCUT2D eigenvalue weighted by atomic mass is 35.5. The Bertz CT molecular complexity index is 1240. The SMILES string of the molecule is O=C(Cc1ccc(Cl)cc1Cl)NC1CN(c2ccccc2)c2ccccc2N(CC(F)(F)F)C1=O. The van der Waals surface area contributed by atoms with Gasteiger partial charge in [0.25, 0.3) is 5.91 Å². The number of alkyl halides is 3. The second kappa shape index (κ2) is 10.2. The molecule has 1 N–H and O–H groups in total. The maximum absolute atomic E-state index is 13.5. The van der Waals surface area contributed by atoms with Crippen molar-refractivity contribution in [3.05, 3.63) is 88.4 Å². The molecule has 3 aromatic carbocycles. The zero-order valence-electron chi connectivity index (χ0n) is 18.2. The highest BCUT2D eigenvalue weighted by Gasteiger charge is 2.41. The van der Waals surface area contributed by atoms with Gasteiger partial charge < -0.3 is 10.2 Å². The predicted molar refractivity (Wildman–Crippen MR) is 130 cm³/mol. The summed E-state index contributed by atoms with van der Waals surface area (Å²) >= 11 is 12.1. The maximum atomic E-state index is 13.5. The summed E-state index contributed by atoms with van der Waals surface area (Å²) in [4.78, 5) is 28.7. The zero-order chi connectivity index (χ0) is 25.2. The topological polar surface area (TPSA) is 52.7 Å². The van der Waals surface area contributed by atoms with Crippen LogP contribution in [-0.2, 0) is 16.0 Å². The minimum atomic E-state index is -4.64. The lowest BCUT2D eigenvalue weighted by Gasteiger charge is -2.27. The zero-order valence-corrected chi connectivity index (χ0v) is 19.7. The van der Waals surface area contributed by atoms with Gasteiger partial charge in [0, 0.05) is 15.7 Å². The van der Waals surface area contributed by atoms with Crippen molar-refractivity contribution >= 4 is 52.1 Å². The number of rotatable bonds is 5. The van der Waals surface area contributed by atoms with Gasteiger partial charge in [-0.3, -0.25) is 14.5 Å². The molecule has 1 aliphatic rings. The van der Waals surface area contributed by atoms with Crippen molar-refractivity contribution in [3.8, 4) is 0 Å². The average Bonchev–Trinajstić information content (AvgIpc) is 2.91. The van der Waals surface area contributed by atoms with Gasteiger partial charge in [-0.2, -0.15) is 13.2 Å². The van der Waals surface area contributed by atoms with Crippen molar-refractivity contribution in [2.45, 2.75) is 18.6 Å². The summed E-state index contributed by atoms with van der Waals surface area (Å²) < 4.78 is 40.5.